The summed E-state index contributed by atoms with van der Waals surface area (Å²) in [7, 11) is 1.26. The molecule has 0 atom stereocenters. The van der Waals surface area contributed by atoms with Gasteiger partial charge in [0, 0.05) is 0 Å². The number of hydrogen-bond acceptors (Lipinski definition) is 5. The Morgan fingerprint density at radius 2 is 2.20 bits per heavy atom. The molecule has 0 aromatic carbocycles. The highest BCUT2D eigenvalue weighted by Crippen LogP contribution is 2.22. The number of carbonyl (C=O) groups excluding carboxylic acids is 2. The Bertz CT molecular complexity index is 345. The van der Waals surface area contributed by atoms with E-state index in [4.69, 9.17) is 0 Å². The molecule has 15 heavy (non-hydrogen) atoms. The minimum Gasteiger partial charge on any atom is -0.468 e. The molecule has 6 nitrogen and oxygen atoms in total. The summed E-state index contributed by atoms with van der Waals surface area (Å²) in [6.45, 7) is 3.50. The van der Waals surface area contributed by atoms with E-state index in [1.54, 1.807) is 6.08 Å². The van der Waals surface area contributed by atoms with Crippen LogP contribution in [0.3, 0.4) is 0 Å². The van der Waals surface area contributed by atoms with Gasteiger partial charge in [-0.1, -0.05) is 0 Å². The highest BCUT2D eigenvalue weighted by Gasteiger charge is 2.24. The van der Waals surface area contributed by atoms with E-state index in [9.17, 15) is 9.59 Å². The first-order valence-corrected chi connectivity index (χ1v) is 4.45. The van der Waals surface area contributed by atoms with E-state index in [0.717, 1.165) is 0 Å². The van der Waals surface area contributed by atoms with Crippen LogP contribution in [0.15, 0.2) is 22.0 Å². The summed E-state index contributed by atoms with van der Waals surface area (Å²) in [6.07, 6.45) is 1.64. The molecule has 0 aromatic heterocycles. The van der Waals surface area contributed by atoms with Gasteiger partial charge in [0.25, 0.3) is 5.91 Å². The summed E-state index contributed by atoms with van der Waals surface area (Å²) in [5.74, 6) is -0.923. The molecule has 0 bridgehead atoms. The molecule has 0 spiro atoms. The van der Waals surface area contributed by atoms with Crippen molar-refractivity contribution in [2.45, 2.75) is 19.4 Å². The standard InChI is InChI=1S/C9H13N3O3/c1-9(2)4-6(11-12-9)8(14)10-5-7(13)15-3/h4H,5H2,1-3H3,(H,10,14). The third kappa shape index (κ3) is 3.16. The summed E-state index contributed by atoms with van der Waals surface area (Å²) in [4.78, 5) is 22.2. The topological polar surface area (TPSA) is 80.1 Å². The second-order valence-electron chi connectivity index (χ2n) is 3.64. The third-order valence-electron chi connectivity index (χ3n) is 1.76. The van der Waals surface area contributed by atoms with Crippen molar-refractivity contribution in [2.75, 3.05) is 13.7 Å². The molecule has 0 fully saturated rings. The minimum atomic E-state index is -0.502. The quantitative estimate of drug-likeness (QED) is 0.686. The number of nitrogens with one attached hydrogen (secondary N) is 1. The van der Waals surface area contributed by atoms with Crippen LogP contribution in [0.4, 0.5) is 0 Å². The molecule has 0 aromatic rings. The molecule has 0 saturated carbocycles. The fourth-order valence-corrected chi connectivity index (χ4v) is 1.00. The summed E-state index contributed by atoms with van der Waals surface area (Å²) in [5, 5.41) is 9.96. The van der Waals surface area contributed by atoms with E-state index in [1.807, 2.05) is 13.8 Å². The van der Waals surface area contributed by atoms with Crippen molar-refractivity contribution in [1.82, 2.24) is 5.32 Å². The van der Waals surface area contributed by atoms with E-state index in [0.29, 0.717) is 0 Å². The van der Waals surface area contributed by atoms with Crippen molar-refractivity contribution in [1.29, 1.82) is 0 Å². The molecule has 1 aliphatic rings. The van der Waals surface area contributed by atoms with Gasteiger partial charge in [-0.2, -0.15) is 5.11 Å². The predicted octanol–water partition coefficient (Wildman–Crippen LogP) is 0.404. The van der Waals surface area contributed by atoms with Crippen LogP contribution < -0.4 is 5.32 Å². The number of rotatable bonds is 3. The first kappa shape index (κ1) is 11.4. The molecule has 6 heteroatoms. The molecule has 1 N–H and O–H groups in total. The number of methoxy groups -OCH3 is 1. The molecule has 1 amide bonds. The first-order valence-electron chi connectivity index (χ1n) is 4.45. The Labute approximate surface area is 87.4 Å². The average molecular weight is 211 g/mol. The number of nitrogens with zero attached hydrogens (tertiary/aromatic N) is 2. The lowest BCUT2D eigenvalue weighted by Gasteiger charge is -2.05. The second kappa shape index (κ2) is 4.20. The Morgan fingerprint density at radius 1 is 1.53 bits per heavy atom. The van der Waals surface area contributed by atoms with Gasteiger partial charge in [0.1, 0.15) is 12.2 Å². The van der Waals surface area contributed by atoms with Crippen molar-refractivity contribution in [3.8, 4) is 0 Å². The normalized spacial score (nSPS) is 17.1. The van der Waals surface area contributed by atoms with Crippen LogP contribution in [0.5, 0.6) is 0 Å². The van der Waals surface area contributed by atoms with Gasteiger partial charge < -0.3 is 10.1 Å². The van der Waals surface area contributed by atoms with Crippen molar-refractivity contribution >= 4 is 11.9 Å². The molecule has 0 radical (unpaired) electrons. The van der Waals surface area contributed by atoms with Crippen LogP contribution in [0.25, 0.3) is 0 Å². The third-order valence-corrected chi connectivity index (χ3v) is 1.76. The summed E-state index contributed by atoms with van der Waals surface area (Å²) < 4.78 is 4.38. The Morgan fingerprint density at radius 3 is 2.67 bits per heavy atom. The number of ether oxygens (including phenoxy) is 1. The summed E-state index contributed by atoms with van der Waals surface area (Å²) in [6, 6.07) is 0. The molecular weight excluding hydrogens is 198 g/mol. The maximum Gasteiger partial charge on any atom is 0.325 e. The lowest BCUT2D eigenvalue weighted by molar-refractivity contribution is -0.140. The lowest BCUT2D eigenvalue weighted by atomic mass is 10.1. The van der Waals surface area contributed by atoms with Gasteiger partial charge in [0.2, 0.25) is 0 Å². The van der Waals surface area contributed by atoms with Crippen LogP contribution in [0.1, 0.15) is 13.8 Å². The first-order chi connectivity index (χ1) is 6.94. The van der Waals surface area contributed by atoms with Crippen molar-refractivity contribution in [3.05, 3.63) is 11.8 Å². The Hall–Kier alpha value is -1.72. The molecule has 1 aliphatic heterocycles. The van der Waals surface area contributed by atoms with Crippen molar-refractivity contribution in [2.24, 2.45) is 10.2 Å². The second-order valence-corrected chi connectivity index (χ2v) is 3.64. The van der Waals surface area contributed by atoms with Crippen molar-refractivity contribution in [3.63, 3.8) is 0 Å². The lowest BCUT2D eigenvalue weighted by Crippen LogP contribution is -2.30. The molecule has 82 valence electrons. The fraction of sp³-hybridized carbons (Fsp3) is 0.556. The zero-order chi connectivity index (χ0) is 11.5. The molecule has 1 heterocycles. The highest BCUT2D eigenvalue weighted by molar-refractivity contribution is 5.95. The van der Waals surface area contributed by atoms with Crippen molar-refractivity contribution < 1.29 is 14.3 Å². The zero-order valence-corrected chi connectivity index (χ0v) is 8.90. The van der Waals surface area contributed by atoms with Gasteiger partial charge in [-0.15, -0.1) is 5.11 Å². The molecule has 0 unspecified atom stereocenters. The van der Waals surface area contributed by atoms with Crippen LogP contribution in [-0.2, 0) is 14.3 Å². The summed E-state index contributed by atoms with van der Waals surface area (Å²) in [5.41, 5.74) is -0.221. The SMILES string of the molecule is COC(=O)CNC(=O)C1=CC(C)(C)N=N1. The van der Waals surface area contributed by atoms with Gasteiger partial charge in [-0.05, 0) is 19.9 Å². The zero-order valence-electron chi connectivity index (χ0n) is 8.90. The van der Waals surface area contributed by atoms with Crippen LogP contribution in [-0.4, -0.2) is 31.1 Å². The van der Waals surface area contributed by atoms with Gasteiger partial charge >= 0.3 is 5.97 Å². The number of azo groups is 1. The fourth-order valence-electron chi connectivity index (χ4n) is 1.00. The van der Waals surface area contributed by atoms with Crippen LogP contribution >= 0.6 is 0 Å². The molecular formula is C9H13N3O3. The summed E-state index contributed by atoms with van der Waals surface area (Å²) >= 11 is 0. The number of amides is 1. The predicted molar refractivity (Wildman–Crippen MR) is 52.0 cm³/mol. The van der Waals surface area contributed by atoms with Gasteiger partial charge in [-0.3, -0.25) is 9.59 Å². The monoisotopic (exact) mass is 211 g/mol. The van der Waals surface area contributed by atoms with Gasteiger partial charge in [-0.25, -0.2) is 0 Å². The van der Waals surface area contributed by atoms with E-state index < -0.39 is 17.4 Å². The minimum absolute atomic E-state index is 0.164. The highest BCUT2D eigenvalue weighted by atomic mass is 16.5. The van der Waals surface area contributed by atoms with E-state index in [-0.39, 0.29) is 12.2 Å². The molecule has 0 aliphatic carbocycles. The van der Waals surface area contributed by atoms with Crippen LogP contribution in [0, 0.1) is 0 Å². The maximum absolute atomic E-state index is 11.4. The average Bonchev–Trinajstić information content (AvgIpc) is 2.54. The van der Waals surface area contributed by atoms with E-state index in [1.165, 1.54) is 7.11 Å². The smallest absolute Gasteiger partial charge is 0.325 e. The molecule has 0 saturated heterocycles. The van der Waals surface area contributed by atoms with Gasteiger partial charge in [0.05, 0.1) is 12.6 Å². The number of carbonyl (C=O) groups is 2. The van der Waals surface area contributed by atoms with Crippen LogP contribution in [0.2, 0.25) is 0 Å². The number of esters is 1. The number of hydrogen-bond donors (Lipinski definition) is 1. The molecule has 1 rings (SSSR count). The largest absolute Gasteiger partial charge is 0.468 e. The van der Waals surface area contributed by atoms with E-state index in [2.05, 4.69) is 20.3 Å². The maximum atomic E-state index is 11.4. The Kier molecular flexibility index (Phi) is 3.18. The Balaban J connectivity index is 2.50. The van der Waals surface area contributed by atoms with Gasteiger partial charge in [0.15, 0.2) is 0 Å². The van der Waals surface area contributed by atoms with E-state index >= 15 is 0 Å².